The quantitative estimate of drug-likeness (QED) is 0.700. The molecule has 1 saturated carbocycles. The van der Waals surface area contributed by atoms with E-state index in [-0.39, 0.29) is 0 Å². The van der Waals surface area contributed by atoms with E-state index in [0.29, 0.717) is 18.6 Å². The Bertz CT molecular complexity index is 138. The predicted molar refractivity (Wildman–Crippen MR) is 55.7 cm³/mol. The molecule has 2 heteroatoms. The fourth-order valence-electron chi connectivity index (χ4n) is 2.46. The van der Waals surface area contributed by atoms with Crippen LogP contribution in [0.25, 0.3) is 0 Å². The van der Waals surface area contributed by atoms with Crippen molar-refractivity contribution in [3.05, 3.63) is 0 Å². The van der Waals surface area contributed by atoms with Gasteiger partial charge in [-0.3, -0.25) is 0 Å². The summed E-state index contributed by atoms with van der Waals surface area (Å²) in [5.41, 5.74) is 0. The minimum absolute atomic E-state index is 0.355. The van der Waals surface area contributed by atoms with Gasteiger partial charge in [-0.1, -0.05) is 20.3 Å². The molecule has 0 bridgehead atoms. The van der Waals surface area contributed by atoms with Crippen LogP contribution in [-0.2, 0) is 0 Å². The van der Waals surface area contributed by atoms with Crippen LogP contribution in [0.3, 0.4) is 0 Å². The fourth-order valence-corrected chi connectivity index (χ4v) is 2.46. The van der Waals surface area contributed by atoms with Gasteiger partial charge in [-0.15, -0.1) is 0 Å². The summed E-state index contributed by atoms with van der Waals surface area (Å²) in [6, 6.07) is 0.567. The molecule has 1 fully saturated rings. The molecule has 78 valence electrons. The number of aliphatic hydroxyl groups excluding tert-OH is 1. The number of rotatable bonds is 4. The first-order valence-electron chi connectivity index (χ1n) is 5.66. The lowest BCUT2D eigenvalue weighted by atomic mass is 9.77. The third-order valence-electron chi connectivity index (χ3n) is 3.37. The minimum Gasteiger partial charge on any atom is -0.396 e. The molecular formula is C11H23NO. The van der Waals surface area contributed by atoms with Crippen LogP contribution in [0.2, 0.25) is 0 Å². The van der Waals surface area contributed by atoms with Crippen LogP contribution in [-0.4, -0.2) is 24.3 Å². The van der Waals surface area contributed by atoms with Crippen LogP contribution in [0.1, 0.15) is 39.5 Å². The van der Waals surface area contributed by atoms with Crippen LogP contribution in [0, 0.1) is 11.8 Å². The van der Waals surface area contributed by atoms with Crippen molar-refractivity contribution in [2.75, 3.05) is 13.2 Å². The lowest BCUT2D eigenvalue weighted by molar-refractivity contribution is 0.124. The van der Waals surface area contributed by atoms with Crippen molar-refractivity contribution in [1.29, 1.82) is 0 Å². The minimum atomic E-state index is 0.355. The Morgan fingerprint density at radius 1 is 1.31 bits per heavy atom. The average Bonchev–Trinajstić information content (AvgIpc) is 2.19. The Labute approximate surface area is 81.7 Å². The molecule has 0 radical (unpaired) electrons. The van der Waals surface area contributed by atoms with Gasteiger partial charge in [0.1, 0.15) is 0 Å². The molecule has 0 saturated heterocycles. The van der Waals surface area contributed by atoms with Gasteiger partial charge in [-0.25, -0.2) is 0 Å². The van der Waals surface area contributed by atoms with Crippen molar-refractivity contribution in [2.24, 2.45) is 11.8 Å². The molecule has 0 aliphatic heterocycles. The van der Waals surface area contributed by atoms with Crippen molar-refractivity contribution in [3.63, 3.8) is 0 Å². The molecule has 1 aliphatic carbocycles. The van der Waals surface area contributed by atoms with Gasteiger partial charge in [0, 0.05) is 12.6 Å². The van der Waals surface area contributed by atoms with Crippen LogP contribution < -0.4 is 5.32 Å². The number of nitrogens with one attached hydrogen (secondary N) is 1. The molecule has 0 heterocycles. The third-order valence-corrected chi connectivity index (χ3v) is 3.37. The second-order valence-corrected chi connectivity index (χ2v) is 4.19. The van der Waals surface area contributed by atoms with Crippen molar-refractivity contribution >= 4 is 0 Å². The molecule has 2 N–H and O–H groups in total. The van der Waals surface area contributed by atoms with Gasteiger partial charge in [0.25, 0.3) is 0 Å². The largest absolute Gasteiger partial charge is 0.396 e. The second-order valence-electron chi connectivity index (χ2n) is 4.19. The SMILES string of the molecule is CCNC1CCC(CC)CC1CO. The molecule has 3 unspecified atom stereocenters. The third kappa shape index (κ3) is 2.96. The Kier molecular flexibility index (Phi) is 4.74. The van der Waals surface area contributed by atoms with Gasteiger partial charge in [-0.2, -0.15) is 0 Å². The van der Waals surface area contributed by atoms with E-state index < -0.39 is 0 Å². The Hall–Kier alpha value is -0.0800. The molecule has 3 atom stereocenters. The zero-order chi connectivity index (χ0) is 9.68. The van der Waals surface area contributed by atoms with Gasteiger partial charge >= 0.3 is 0 Å². The zero-order valence-electron chi connectivity index (χ0n) is 8.92. The molecule has 0 aromatic heterocycles. The number of hydrogen-bond donors (Lipinski definition) is 2. The maximum atomic E-state index is 9.26. The summed E-state index contributed by atoms with van der Waals surface area (Å²) in [7, 11) is 0. The van der Waals surface area contributed by atoms with E-state index in [2.05, 4.69) is 19.2 Å². The monoisotopic (exact) mass is 185 g/mol. The molecule has 0 aromatic rings. The highest BCUT2D eigenvalue weighted by Gasteiger charge is 2.28. The highest BCUT2D eigenvalue weighted by atomic mass is 16.3. The molecule has 0 spiro atoms. The van der Waals surface area contributed by atoms with Crippen molar-refractivity contribution < 1.29 is 5.11 Å². The van der Waals surface area contributed by atoms with Gasteiger partial charge in [-0.05, 0) is 37.6 Å². The van der Waals surface area contributed by atoms with Gasteiger partial charge in [0.2, 0.25) is 0 Å². The van der Waals surface area contributed by atoms with Crippen molar-refractivity contribution in [2.45, 2.75) is 45.6 Å². The lowest BCUT2D eigenvalue weighted by Gasteiger charge is -2.35. The first kappa shape index (κ1) is 11.0. The second kappa shape index (κ2) is 5.61. The molecule has 2 nitrogen and oxygen atoms in total. The van der Waals surface area contributed by atoms with Gasteiger partial charge < -0.3 is 10.4 Å². The highest BCUT2D eigenvalue weighted by Crippen LogP contribution is 2.30. The first-order chi connectivity index (χ1) is 6.31. The summed E-state index contributed by atoms with van der Waals surface area (Å²) in [6.07, 6.45) is 5.07. The van der Waals surface area contributed by atoms with E-state index >= 15 is 0 Å². The first-order valence-corrected chi connectivity index (χ1v) is 5.66. The van der Waals surface area contributed by atoms with E-state index in [9.17, 15) is 5.11 Å². The standard InChI is InChI=1S/C11H23NO/c1-3-9-5-6-11(12-4-2)10(7-9)8-13/h9-13H,3-8H2,1-2H3. The van der Waals surface area contributed by atoms with Gasteiger partial charge in [0.05, 0.1) is 0 Å². The summed E-state index contributed by atoms with van der Waals surface area (Å²) in [4.78, 5) is 0. The smallest absolute Gasteiger partial charge is 0.0474 e. The summed E-state index contributed by atoms with van der Waals surface area (Å²) >= 11 is 0. The molecular weight excluding hydrogens is 162 g/mol. The van der Waals surface area contributed by atoms with E-state index in [1.165, 1.54) is 25.7 Å². The fraction of sp³-hybridized carbons (Fsp3) is 1.00. The van der Waals surface area contributed by atoms with Crippen molar-refractivity contribution in [3.8, 4) is 0 Å². The Morgan fingerprint density at radius 3 is 2.62 bits per heavy atom. The molecule has 1 aliphatic rings. The average molecular weight is 185 g/mol. The molecule has 13 heavy (non-hydrogen) atoms. The van der Waals surface area contributed by atoms with Crippen LogP contribution >= 0.6 is 0 Å². The van der Waals surface area contributed by atoms with Crippen LogP contribution in [0.4, 0.5) is 0 Å². The van der Waals surface area contributed by atoms with E-state index in [0.717, 1.165) is 12.5 Å². The predicted octanol–water partition coefficient (Wildman–Crippen LogP) is 1.78. The van der Waals surface area contributed by atoms with Crippen LogP contribution in [0.5, 0.6) is 0 Å². The lowest BCUT2D eigenvalue weighted by Crippen LogP contribution is -2.42. The molecule has 0 aromatic carbocycles. The Balaban J connectivity index is 2.40. The summed E-state index contributed by atoms with van der Waals surface area (Å²) in [6.45, 7) is 5.78. The van der Waals surface area contributed by atoms with Crippen LogP contribution in [0.15, 0.2) is 0 Å². The van der Waals surface area contributed by atoms with E-state index in [1.807, 2.05) is 0 Å². The summed E-state index contributed by atoms with van der Waals surface area (Å²) in [5.74, 6) is 1.35. The highest BCUT2D eigenvalue weighted by molar-refractivity contribution is 4.83. The zero-order valence-corrected chi connectivity index (χ0v) is 8.92. The molecule has 0 amide bonds. The van der Waals surface area contributed by atoms with Gasteiger partial charge in [0.15, 0.2) is 0 Å². The van der Waals surface area contributed by atoms with Crippen molar-refractivity contribution in [1.82, 2.24) is 5.32 Å². The maximum absolute atomic E-state index is 9.26. The summed E-state index contributed by atoms with van der Waals surface area (Å²) in [5, 5.41) is 12.7. The topological polar surface area (TPSA) is 32.3 Å². The Morgan fingerprint density at radius 2 is 2.08 bits per heavy atom. The maximum Gasteiger partial charge on any atom is 0.0474 e. The van der Waals surface area contributed by atoms with E-state index in [4.69, 9.17) is 0 Å². The molecule has 1 rings (SSSR count). The number of aliphatic hydroxyl groups is 1. The van der Waals surface area contributed by atoms with E-state index in [1.54, 1.807) is 0 Å². The summed E-state index contributed by atoms with van der Waals surface area (Å²) < 4.78 is 0. The number of hydrogen-bond acceptors (Lipinski definition) is 2. The normalized spacial score (nSPS) is 34.8.